The molecule has 1 heterocycles. The fourth-order valence-corrected chi connectivity index (χ4v) is 3.23. The van der Waals surface area contributed by atoms with E-state index >= 15 is 0 Å². The predicted octanol–water partition coefficient (Wildman–Crippen LogP) is 5.24. The van der Waals surface area contributed by atoms with Crippen molar-refractivity contribution in [3.8, 4) is 11.8 Å². The largest absolute Gasteiger partial charge is 0.494 e. The second-order valence-electron chi connectivity index (χ2n) is 6.79. The lowest BCUT2D eigenvalue weighted by Gasteiger charge is -2.09. The van der Waals surface area contributed by atoms with Crippen LogP contribution in [0.3, 0.4) is 0 Å². The number of aryl methyl sites for hydroxylation is 1. The molecule has 0 unspecified atom stereocenters. The average Bonchev–Trinajstić information content (AvgIpc) is 3.08. The molecule has 0 atom stereocenters. The smallest absolute Gasteiger partial charge is 0.258 e. The highest BCUT2D eigenvalue weighted by Crippen LogP contribution is 2.29. The molecular formula is C25H22N2O4. The topological polar surface area (TPSA) is 92.3 Å². The van der Waals surface area contributed by atoms with Crippen LogP contribution in [0.2, 0.25) is 0 Å². The number of furan rings is 1. The molecule has 0 saturated carbocycles. The minimum Gasteiger partial charge on any atom is -0.494 e. The molecule has 0 saturated heterocycles. The first-order chi connectivity index (χ1) is 14.9. The van der Waals surface area contributed by atoms with Crippen molar-refractivity contribution in [2.75, 3.05) is 11.9 Å². The van der Waals surface area contributed by atoms with Crippen molar-refractivity contribution in [1.82, 2.24) is 0 Å². The van der Waals surface area contributed by atoms with Crippen LogP contribution in [0.15, 0.2) is 59.0 Å². The summed E-state index contributed by atoms with van der Waals surface area (Å²) in [4.78, 5) is 25.1. The number of rotatable bonds is 7. The molecule has 3 rings (SSSR count). The highest BCUT2D eigenvalue weighted by atomic mass is 16.5. The Morgan fingerprint density at radius 3 is 2.39 bits per heavy atom. The summed E-state index contributed by atoms with van der Waals surface area (Å²) in [6.45, 7) is 5.42. The number of ether oxygens (including phenoxy) is 1. The van der Waals surface area contributed by atoms with Gasteiger partial charge in [0.25, 0.3) is 5.91 Å². The molecule has 6 nitrogen and oxygen atoms in total. The molecule has 1 aromatic heterocycles. The number of nitrogens with one attached hydrogen (secondary N) is 1. The van der Waals surface area contributed by atoms with Crippen molar-refractivity contribution in [2.45, 2.75) is 20.8 Å². The molecule has 0 aliphatic rings. The quantitative estimate of drug-likeness (QED) is 0.324. The van der Waals surface area contributed by atoms with Crippen molar-refractivity contribution in [2.24, 2.45) is 0 Å². The number of amides is 1. The first-order valence-corrected chi connectivity index (χ1v) is 9.80. The van der Waals surface area contributed by atoms with E-state index in [4.69, 9.17) is 9.15 Å². The molecule has 0 radical (unpaired) electrons. The Morgan fingerprint density at radius 1 is 1.13 bits per heavy atom. The van der Waals surface area contributed by atoms with Gasteiger partial charge in [-0.2, -0.15) is 5.26 Å². The average molecular weight is 414 g/mol. The molecule has 0 aliphatic carbocycles. The van der Waals surface area contributed by atoms with Gasteiger partial charge in [0.1, 0.15) is 23.1 Å². The highest BCUT2D eigenvalue weighted by molar-refractivity contribution is 6.29. The van der Waals surface area contributed by atoms with Crippen molar-refractivity contribution in [3.05, 3.63) is 82.6 Å². The van der Waals surface area contributed by atoms with Gasteiger partial charge in [0.15, 0.2) is 5.78 Å². The maximum absolute atomic E-state index is 13.2. The van der Waals surface area contributed by atoms with Crippen molar-refractivity contribution in [1.29, 1.82) is 5.26 Å². The fourth-order valence-electron chi connectivity index (χ4n) is 3.23. The zero-order valence-electron chi connectivity index (χ0n) is 17.6. The van der Waals surface area contributed by atoms with E-state index in [1.54, 1.807) is 13.0 Å². The molecule has 0 bridgehead atoms. The minimum absolute atomic E-state index is 0.0202. The van der Waals surface area contributed by atoms with Gasteiger partial charge in [-0.05, 0) is 50.1 Å². The van der Waals surface area contributed by atoms with Crippen LogP contribution in [0, 0.1) is 18.3 Å². The molecule has 3 aromatic rings. The lowest BCUT2D eigenvalue weighted by molar-refractivity contribution is -0.111. The first kappa shape index (κ1) is 21.6. The number of benzene rings is 2. The van der Waals surface area contributed by atoms with Gasteiger partial charge < -0.3 is 9.15 Å². The summed E-state index contributed by atoms with van der Waals surface area (Å²) in [6.07, 6.45) is 1.74. The Labute approximate surface area is 180 Å². The molecular weight excluding hydrogens is 392 g/mol. The number of hydrogen-bond donors (Lipinski definition) is 1. The van der Waals surface area contributed by atoms with Crippen LogP contribution >= 0.6 is 0 Å². The maximum atomic E-state index is 13.2. The van der Waals surface area contributed by atoms with Crippen LogP contribution in [0.1, 0.15) is 46.7 Å². The zero-order chi connectivity index (χ0) is 22.4. The van der Waals surface area contributed by atoms with E-state index in [2.05, 4.69) is 5.32 Å². The van der Waals surface area contributed by atoms with Gasteiger partial charge in [-0.25, -0.2) is 0 Å². The Kier molecular flexibility index (Phi) is 6.68. The number of nitrogens with zero attached hydrogens (tertiary/aromatic N) is 1. The fraction of sp³-hybridized carbons (Fsp3) is 0.160. The van der Waals surface area contributed by atoms with Gasteiger partial charge in [0, 0.05) is 5.57 Å². The van der Waals surface area contributed by atoms with E-state index in [0.717, 1.165) is 11.3 Å². The van der Waals surface area contributed by atoms with Crippen LogP contribution in [0.25, 0.3) is 11.6 Å². The predicted molar refractivity (Wildman–Crippen MR) is 119 cm³/mol. The van der Waals surface area contributed by atoms with Crippen LogP contribution in [-0.4, -0.2) is 18.3 Å². The van der Waals surface area contributed by atoms with E-state index in [1.165, 1.54) is 6.92 Å². The van der Waals surface area contributed by atoms with Crippen LogP contribution in [0.5, 0.6) is 5.75 Å². The summed E-state index contributed by atoms with van der Waals surface area (Å²) in [6, 6.07) is 18.5. The molecule has 156 valence electrons. The minimum atomic E-state index is -0.458. The second kappa shape index (κ2) is 9.59. The number of carbonyl (C=O) groups excluding carboxylic acids is 2. The van der Waals surface area contributed by atoms with Gasteiger partial charge in [-0.15, -0.1) is 0 Å². The number of nitriles is 1. The van der Waals surface area contributed by atoms with Gasteiger partial charge >= 0.3 is 0 Å². The summed E-state index contributed by atoms with van der Waals surface area (Å²) in [5.41, 5.74) is 2.08. The van der Waals surface area contributed by atoms with Gasteiger partial charge in [0.05, 0.1) is 12.2 Å². The normalized spacial score (nSPS) is 11.0. The summed E-state index contributed by atoms with van der Waals surface area (Å²) in [5, 5.41) is 12.1. The van der Waals surface area contributed by atoms with Gasteiger partial charge in [-0.1, -0.05) is 42.5 Å². The standard InChI is InChI=1S/C25H22N2O4/c1-4-30-20-12-10-18(11-13-20)14-21(19-8-6-5-7-9-19)24(29)27-25-22(15-26)23(16(2)28)17(3)31-25/h5-14H,4H2,1-3H3,(H,27,29)/b21-14+. The van der Waals surface area contributed by atoms with Crippen LogP contribution in [0.4, 0.5) is 5.88 Å². The summed E-state index contributed by atoms with van der Waals surface area (Å²) >= 11 is 0. The molecule has 0 aliphatic heterocycles. The lowest BCUT2D eigenvalue weighted by atomic mass is 10.0. The Morgan fingerprint density at radius 2 is 1.81 bits per heavy atom. The molecule has 6 heteroatoms. The lowest BCUT2D eigenvalue weighted by Crippen LogP contribution is -2.14. The maximum Gasteiger partial charge on any atom is 0.258 e. The number of hydrogen-bond acceptors (Lipinski definition) is 5. The Bertz CT molecular complexity index is 1170. The van der Waals surface area contributed by atoms with E-state index in [0.29, 0.717) is 17.7 Å². The van der Waals surface area contributed by atoms with Gasteiger partial charge in [0.2, 0.25) is 5.88 Å². The van der Waals surface area contributed by atoms with E-state index in [-0.39, 0.29) is 28.6 Å². The monoisotopic (exact) mass is 414 g/mol. The number of ketones is 1. The number of anilines is 1. The Hall–Kier alpha value is -4.11. The molecule has 0 fully saturated rings. The second-order valence-corrected chi connectivity index (χ2v) is 6.79. The third kappa shape index (κ3) is 4.90. The van der Waals surface area contributed by atoms with Crippen molar-refractivity contribution >= 4 is 29.2 Å². The molecule has 2 aromatic carbocycles. The summed E-state index contributed by atoms with van der Waals surface area (Å²) in [7, 11) is 0. The number of Topliss-reactive ketones (excluding diaryl/α,β-unsaturated/α-hetero) is 1. The first-order valence-electron chi connectivity index (χ1n) is 9.80. The molecule has 31 heavy (non-hydrogen) atoms. The summed E-state index contributed by atoms with van der Waals surface area (Å²) < 4.78 is 11.0. The van der Waals surface area contributed by atoms with Crippen molar-refractivity contribution < 1.29 is 18.7 Å². The third-order valence-electron chi connectivity index (χ3n) is 4.61. The summed E-state index contributed by atoms with van der Waals surface area (Å²) in [5.74, 6) is 0.235. The highest BCUT2D eigenvalue weighted by Gasteiger charge is 2.23. The van der Waals surface area contributed by atoms with E-state index in [9.17, 15) is 14.9 Å². The Balaban J connectivity index is 1.99. The van der Waals surface area contributed by atoms with Gasteiger partial charge in [-0.3, -0.25) is 14.9 Å². The van der Waals surface area contributed by atoms with Crippen LogP contribution in [-0.2, 0) is 4.79 Å². The van der Waals surface area contributed by atoms with Crippen LogP contribution < -0.4 is 10.1 Å². The zero-order valence-corrected chi connectivity index (χ0v) is 17.6. The SMILES string of the molecule is CCOc1ccc(/C=C(/C(=O)Nc2oc(C)c(C(C)=O)c2C#N)c2ccccc2)cc1. The van der Waals surface area contributed by atoms with E-state index < -0.39 is 5.91 Å². The van der Waals surface area contributed by atoms with E-state index in [1.807, 2.05) is 67.6 Å². The molecule has 1 amide bonds. The molecule has 0 spiro atoms. The molecule has 1 N–H and O–H groups in total. The number of carbonyl (C=O) groups is 2. The third-order valence-corrected chi connectivity index (χ3v) is 4.61. The van der Waals surface area contributed by atoms with Crippen molar-refractivity contribution in [3.63, 3.8) is 0 Å².